The van der Waals surface area contributed by atoms with E-state index in [0.717, 1.165) is 36.1 Å². The van der Waals surface area contributed by atoms with Crippen molar-refractivity contribution in [2.45, 2.75) is 58.1 Å². The largest absolute Gasteiger partial charge is 0.491 e. The molecule has 5 rings (SSSR count). The van der Waals surface area contributed by atoms with Crippen LogP contribution in [0.5, 0.6) is 5.75 Å². The van der Waals surface area contributed by atoms with E-state index >= 15 is 0 Å². The molecule has 1 aromatic heterocycles. The predicted molar refractivity (Wildman–Crippen MR) is 155 cm³/mol. The van der Waals surface area contributed by atoms with Crippen LogP contribution in [0.4, 0.5) is 0 Å². The van der Waals surface area contributed by atoms with Gasteiger partial charge in [0.15, 0.2) is 0 Å². The molecule has 2 atom stereocenters. The van der Waals surface area contributed by atoms with Gasteiger partial charge in [-0.2, -0.15) is 0 Å². The minimum absolute atomic E-state index is 0.0195. The summed E-state index contributed by atoms with van der Waals surface area (Å²) in [6, 6.07) is 17.7. The number of hydrogen-bond acceptors (Lipinski definition) is 5. The molecule has 3 heterocycles. The Morgan fingerprint density at radius 3 is 2.56 bits per heavy atom. The SMILES string of the molecule is Cc1ccc(C(=O)N(CC(=O)N2CCc3sccc3[C@H]2COc2ccc(C(C)C)cc2)C[C@@H]2CCCO2)cc1. The summed E-state index contributed by atoms with van der Waals surface area (Å²) in [5.74, 6) is 1.06. The van der Waals surface area contributed by atoms with E-state index in [2.05, 4.69) is 37.4 Å². The third kappa shape index (κ3) is 6.53. The molecule has 2 amide bonds. The minimum Gasteiger partial charge on any atom is -0.491 e. The van der Waals surface area contributed by atoms with Crippen molar-refractivity contribution < 1.29 is 19.1 Å². The first-order valence-electron chi connectivity index (χ1n) is 13.9. The fourth-order valence-electron chi connectivity index (χ4n) is 5.38. The monoisotopic (exact) mass is 546 g/mol. The van der Waals surface area contributed by atoms with Crippen LogP contribution in [0.25, 0.3) is 0 Å². The Hall–Kier alpha value is -3.16. The zero-order valence-corrected chi connectivity index (χ0v) is 23.9. The van der Waals surface area contributed by atoms with Gasteiger partial charge in [-0.1, -0.05) is 43.7 Å². The molecule has 206 valence electrons. The Kier molecular flexibility index (Phi) is 8.68. The highest BCUT2D eigenvalue weighted by atomic mass is 32.1. The lowest BCUT2D eigenvalue weighted by Crippen LogP contribution is -2.49. The van der Waals surface area contributed by atoms with Gasteiger partial charge in [0.25, 0.3) is 5.91 Å². The first-order valence-corrected chi connectivity index (χ1v) is 14.8. The zero-order chi connectivity index (χ0) is 27.4. The van der Waals surface area contributed by atoms with Gasteiger partial charge in [0.05, 0.1) is 12.1 Å². The topological polar surface area (TPSA) is 59.1 Å². The molecule has 1 saturated heterocycles. The van der Waals surface area contributed by atoms with Gasteiger partial charge in [-0.05, 0) is 78.9 Å². The average molecular weight is 547 g/mol. The molecule has 7 heteroatoms. The zero-order valence-electron chi connectivity index (χ0n) is 23.1. The van der Waals surface area contributed by atoms with Crippen molar-refractivity contribution in [2.75, 3.05) is 32.8 Å². The molecule has 0 spiro atoms. The minimum atomic E-state index is -0.198. The molecule has 0 aliphatic carbocycles. The summed E-state index contributed by atoms with van der Waals surface area (Å²) in [5, 5.41) is 2.09. The molecular weight excluding hydrogens is 508 g/mol. The van der Waals surface area contributed by atoms with Crippen LogP contribution in [0.3, 0.4) is 0 Å². The molecule has 0 N–H and O–H groups in total. The summed E-state index contributed by atoms with van der Waals surface area (Å²) < 4.78 is 12.1. The molecular formula is C32H38N2O4S. The third-order valence-corrected chi connectivity index (χ3v) is 8.73. The molecule has 0 unspecified atom stereocenters. The summed E-state index contributed by atoms with van der Waals surface area (Å²) in [5.41, 5.74) is 4.10. The number of rotatable bonds is 9. The summed E-state index contributed by atoms with van der Waals surface area (Å²) >= 11 is 1.73. The van der Waals surface area contributed by atoms with Crippen molar-refractivity contribution in [3.8, 4) is 5.75 Å². The van der Waals surface area contributed by atoms with E-state index in [-0.39, 0.29) is 30.5 Å². The first kappa shape index (κ1) is 27.4. The molecule has 39 heavy (non-hydrogen) atoms. The van der Waals surface area contributed by atoms with E-state index in [9.17, 15) is 9.59 Å². The number of carbonyl (C=O) groups excluding carboxylic acids is 2. The molecule has 3 aromatic rings. The number of fused-ring (bicyclic) bond motifs is 1. The van der Waals surface area contributed by atoms with E-state index in [1.807, 2.05) is 48.2 Å². The fourth-order valence-corrected chi connectivity index (χ4v) is 6.31. The molecule has 0 radical (unpaired) electrons. The summed E-state index contributed by atoms with van der Waals surface area (Å²) in [7, 11) is 0. The van der Waals surface area contributed by atoms with Crippen molar-refractivity contribution in [3.63, 3.8) is 0 Å². The van der Waals surface area contributed by atoms with Gasteiger partial charge in [0.1, 0.15) is 18.9 Å². The van der Waals surface area contributed by atoms with Crippen LogP contribution in [-0.4, -0.2) is 60.6 Å². The van der Waals surface area contributed by atoms with Crippen molar-refractivity contribution in [2.24, 2.45) is 0 Å². The van der Waals surface area contributed by atoms with Gasteiger partial charge < -0.3 is 19.3 Å². The van der Waals surface area contributed by atoms with Crippen LogP contribution in [0.2, 0.25) is 0 Å². The Morgan fingerprint density at radius 2 is 1.87 bits per heavy atom. The van der Waals surface area contributed by atoms with E-state index in [1.54, 1.807) is 16.2 Å². The highest BCUT2D eigenvalue weighted by Crippen LogP contribution is 2.34. The number of thiophene rings is 1. The van der Waals surface area contributed by atoms with Crippen LogP contribution in [0, 0.1) is 6.92 Å². The Morgan fingerprint density at radius 1 is 1.10 bits per heavy atom. The molecule has 0 bridgehead atoms. The predicted octanol–water partition coefficient (Wildman–Crippen LogP) is 6.01. The second kappa shape index (κ2) is 12.3. The Bertz CT molecular complexity index is 1260. The number of carbonyl (C=O) groups is 2. The highest BCUT2D eigenvalue weighted by molar-refractivity contribution is 7.10. The summed E-state index contributed by atoms with van der Waals surface area (Å²) in [6.07, 6.45) is 2.66. The van der Waals surface area contributed by atoms with Gasteiger partial charge in [-0.25, -0.2) is 0 Å². The lowest BCUT2D eigenvalue weighted by Gasteiger charge is -2.37. The van der Waals surface area contributed by atoms with Crippen LogP contribution >= 0.6 is 11.3 Å². The quantitative estimate of drug-likeness (QED) is 0.330. The average Bonchev–Trinajstić information content (AvgIpc) is 3.64. The molecule has 1 fully saturated rings. The number of amides is 2. The first-order chi connectivity index (χ1) is 18.9. The van der Waals surface area contributed by atoms with Crippen LogP contribution in [0.1, 0.15) is 70.6 Å². The van der Waals surface area contributed by atoms with E-state index < -0.39 is 0 Å². The van der Waals surface area contributed by atoms with Crippen molar-refractivity contribution in [3.05, 3.63) is 87.1 Å². The Balaban J connectivity index is 1.33. The van der Waals surface area contributed by atoms with Gasteiger partial charge in [0.2, 0.25) is 5.91 Å². The maximum Gasteiger partial charge on any atom is 0.254 e. The van der Waals surface area contributed by atoms with Crippen molar-refractivity contribution in [1.29, 1.82) is 0 Å². The Labute approximate surface area is 235 Å². The lowest BCUT2D eigenvalue weighted by molar-refractivity contribution is -0.135. The van der Waals surface area contributed by atoms with Crippen LogP contribution < -0.4 is 4.74 Å². The van der Waals surface area contributed by atoms with E-state index in [0.29, 0.717) is 37.8 Å². The van der Waals surface area contributed by atoms with Gasteiger partial charge in [0, 0.05) is 30.1 Å². The highest BCUT2D eigenvalue weighted by Gasteiger charge is 2.34. The standard InChI is InChI=1S/C32H38N2O4S/c1-22(2)24-10-12-26(13-11-24)38-21-29-28-15-18-39-30(28)14-16-34(29)31(35)20-33(19-27-5-4-17-37-27)32(36)25-8-6-23(3)7-9-25/h6-13,15,18,22,27,29H,4-5,14,16-17,19-21H2,1-3H3/t27-,29+/m0/s1. The summed E-state index contributed by atoms with van der Waals surface area (Å²) in [6.45, 7) is 8.46. The number of ether oxygens (including phenoxy) is 2. The van der Waals surface area contributed by atoms with Crippen LogP contribution in [-0.2, 0) is 16.0 Å². The van der Waals surface area contributed by atoms with E-state index in [4.69, 9.17) is 9.47 Å². The van der Waals surface area contributed by atoms with Crippen molar-refractivity contribution >= 4 is 23.2 Å². The second-order valence-corrected chi connectivity index (χ2v) is 11.9. The normalized spacial score (nSPS) is 18.7. The fraction of sp³-hybridized carbons (Fsp3) is 0.438. The number of aryl methyl sites for hydroxylation is 1. The molecule has 2 aliphatic heterocycles. The second-order valence-electron chi connectivity index (χ2n) is 10.9. The van der Waals surface area contributed by atoms with Gasteiger partial charge in [-0.15, -0.1) is 11.3 Å². The van der Waals surface area contributed by atoms with Gasteiger partial charge >= 0.3 is 0 Å². The molecule has 2 aliphatic rings. The molecule has 6 nitrogen and oxygen atoms in total. The number of hydrogen-bond donors (Lipinski definition) is 0. The van der Waals surface area contributed by atoms with Crippen LogP contribution in [0.15, 0.2) is 60.0 Å². The number of nitrogens with zero attached hydrogens (tertiary/aromatic N) is 2. The number of benzene rings is 2. The maximum absolute atomic E-state index is 13.9. The third-order valence-electron chi connectivity index (χ3n) is 7.73. The maximum atomic E-state index is 13.9. The summed E-state index contributed by atoms with van der Waals surface area (Å²) in [4.78, 5) is 32.3. The smallest absolute Gasteiger partial charge is 0.254 e. The van der Waals surface area contributed by atoms with Gasteiger partial charge in [-0.3, -0.25) is 9.59 Å². The van der Waals surface area contributed by atoms with Crippen molar-refractivity contribution in [1.82, 2.24) is 9.80 Å². The molecule has 0 saturated carbocycles. The van der Waals surface area contributed by atoms with E-state index in [1.165, 1.54) is 10.4 Å². The lowest BCUT2D eigenvalue weighted by atomic mass is 10.00. The molecule has 2 aromatic carbocycles.